The molecule has 92 valence electrons. The van der Waals surface area contributed by atoms with Gasteiger partial charge in [0.2, 0.25) is 5.91 Å². The molecular formula is C9H17N3O4. The van der Waals surface area contributed by atoms with Crippen LogP contribution in [0.3, 0.4) is 0 Å². The third kappa shape index (κ3) is 6.63. The number of rotatable bonds is 6. The van der Waals surface area contributed by atoms with Gasteiger partial charge in [-0.3, -0.25) is 4.79 Å². The van der Waals surface area contributed by atoms with Crippen LogP contribution in [0.4, 0.5) is 4.79 Å². The fourth-order valence-electron chi connectivity index (χ4n) is 1.07. The number of amides is 3. The number of aliphatic carboxylic acids is 1. The van der Waals surface area contributed by atoms with Crippen molar-refractivity contribution < 1.29 is 19.5 Å². The van der Waals surface area contributed by atoms with Gasteiger partial charge in [0.1, 0.15) is 6.04 Å². The van der Waals surface area contributed by atoms with Crippen molar-refractivity contribution in [1.82, 2.24) is 10.6 Å². The molecule has 0 saturated heterocycles. The molecule has 7 nitrogen and oxygen atoms in total. The van der Waals surface area contributed by atoms with E-state index in [1.165, 1.54) is 0 Å². The standard InChI is InChI=1S/C9H17N3O4/c1-5(2)3-6(8(14)15)12-9(16)11-4-7(10)13/h5-6H,3-4H2,1-2H3,(H2,10,13)(H,14,15)(H2,11,12,16). The average Bonchev–Trinajstić information content (AvgIpc) is 2.12. The molecule has 0 aromatic rings. The van der Waals surface area contributed by atoms with Gasteiger partial charge in [-0.15, -0.1) is 0 Å². The maximum absolute atomic E-state index is 11.2. The van der Waals surface area contributed by atoms with Gasteiger partial charge in [-0.25, -0.2) is 9.59 Å². The first-order valence-corrected chi connectivity index (χ1v) is 4.88. The van der Waals surface area contributed by atoms with Crippen LogP contribution in [0.25, 0.3) is 0 Å². The van der Waals surface area contributed by atoms with Crippen LogP contribution in [-0.2, 0) is 9.59 Å². The molecule has 1 atom stereocenters. The molecule has 0 saturated carbocycles. The van der Waals surface area contributed by atoms with Crippen molar-refractivity contribution in [3.05, 3.63) is 0 Å². The zero-order chi connectivity index (χ0) is 12.7. The second-order valence-corrected chi connectivity index (χ2v) is 3.81. The molecular weight excluding hydrogens is 214 g/mol. The maximum Gasteiger partial charge on any atom is 0.326 e. The fourth-order valence-corrected chi connectivity index (χ4v) is 1.07. The average molecular weight is 231 g/mol. The van der Waals surface area contributed by atoms with Crippen LogP contribution >= 0.6 is 0 Å². The van der Waals surface area contributed by atoms with E-state index >= 15 is 0 Å². The first-order valence-electron chi connectivity index (χ1n) is 4.88. The van der Waals surface area contributed by atoms with Crippen LogP contribution in [-0.4, -0.2) is 35.6 Å². The summed E-state index contributed by atoms with van der Waals surface area (Å²) in [4.78, 5) is 32.3. The Labute approximate surface area is 93.4 Å². The number of carbonyl (C=O) groups excluding carboxylic acids is 2. The van der Waals surface area contributed by atoms with E-state index < -0.39 is 23.9 Å². The molecule has 1 unspecified atom stereocenters. The van der Waals surface area contributed by atoms with Crippen molar-refractivity contribution in [1.29, 1.82) is 0 Å². The molecule has 0 aliphatic carbocycles. The molecule has 0 fully saturated rings. The summed E-state index contributed by atoms with van der Waals surface area (Å²) in [6.45, 7) is 3.37. The van der Waals surface area contributed by atoms with Gasteiger partial charge in [0.25, 0.3) is 0 Å². The highest BCUT2D eigenvalue weighted by Crippen LogP contribution is 2.04. The molecule has 0 aliphatic rings. The van der Waals surface area contributed by atoms with Gasteiger partial charge >= 0.3 is 12.0 Å². The lowest BCUT2D eigenvalue weighted by atomic mass is 10.0. The molecule has 0 radical (unpaired) electrons. The Bertz CT molecular complexity index is 278. The lowest BCUT2D eigenvalue weighted by Gasteiger charge is -2.16. The number of nitrogens with one attached hydrogen (secondary N) is 2. The highest BCUT2D eigenvalue weighted by Gasteiger charge is 2.20. The minimum absolute atomic E-state index is 0.137. The van der Waals surface area contributed by atoms with Crippen LogP contribution in [0.1, 0.15) is 20.3 Å². The van der Waals surface area contributed by atoms with Crippen molar-refractivity contribution in [3.63, 3.8) is 0 Å². The molecule has 0 aromatic heterocycles. The summed E-state index contributed by atoms with van der Waals surface area (Å²) >= 11 is 0. The summed E-state index contributed by atoms with van der Waals surface area (Å²) in [7, 11) is 0. The van der Waals surface area contributed by atoms with Crippen molar-refractivity contribution in [3.8, 4) is 0 Å². The van der Waals surface area contributed by atoms with E-state index in [4.69, 9.17) is 10.8 Å². The minimum Gasteiger partial charge on any atom is -0.480 e. The van der Waals surface area contributed by atoms with E-state index in [-0.39, 0.29) is 12.5 Å². The quantitative estimate of drug-likeness (QED) is 0.481. The van der Waals surface area contributed by atoms with Crippen molar-refractivity contribution in [2.24, 2.45) is 11.7 Å². The van der Waals surface area contributed by atoms with Crippen LogP contribution in [0.15, 0.2) is 0 Å². The molecule has 0 spiro atoms. The maximum atomic E-state index is 11.2. The molecule has 3 amide bonds. The molecule has 16 heavy (non-hydrogen) atoms. The van der Waals surface area contributed by atoms with E-state index in [9.17, 15) is 14.4 Å². The fraction of sp³-hybridized carbons (Fsp3) is 0.667. The number of hydrogen-bond acceptors (Lipinski definition) is 3. The van der Waals surface area contributed by atoms with Crippen LogP contribution in [0, 0.1) is 5.92 Å². The van der Waals surface area contributed by atoms with Gasteiger partial charge in [0.15, 0.2) is 0 Å². The van der Waals surface area contributed by atoms with Crippen LogP contribution < -0.4 is 16.4 Å². The predicted molar refractivity (Wildman–Crippen MR) is 56.6 cm³/mol. The smallest absolute Gasteiger partial charge is 0.326 e. The second kappa shape index (κ2) is 6.65. The number of nitrogens with two attached hydrogens (primary N) is 1. The first-order chi connectivity index (χ1) is 7.32. The number of primary amides is 1. The third-order valence-corrected chi connectivity index (χ3v) is 1.73. The topological polar surface area (TPSA) is 122 Å². The van der Waals surface area contributed by atoms with E-state index in [0.717, 1.165) is 0 Å². The summed E-state index contributed by atoms with van der Waals surface area (Å²) in [5, 5.41) is 13.2. The van der Waals surface area contributed by atoms with Crippen molar-refractivity contribution >= 4 is 17.9 Å². The Morgan fingerprint density at radius 3 is 2.25 bits per heavy atom. The van der Waals surface area contributed by atoms with Crippen molar-refractivity contribution in [2.45, 2.75) is 26.3 Å². The Morgan fingerprint density at radius 2 is 1.88 bits per heavy atom. The molecule has 0 heterocycles. The van der Waals surface area contributed by atoms with Gasteiger partial charge < -0.3 is 21.5 Å². The highest BCUT2D eigenvalue weighted by molar-refractivity contribution is 5.85. The van der Waals surface area contributed by atoms with Gasteiger partial charge in [0, 0.05) is 0 Å². The van der Waals surface area contributed by atoms with Crippen LogP contribution in [0.5, 0.6) is 0 Å². The summed E-state index contributed by atoms with van der Waals surface area (Å²) in [6, 6.07) is -1.68. The summed E-state index contributed by atoms with van der Waals surface area (Å²) in [5.74, 6) is -1.66. The lowest BCUT2D eigenvalue weighted by molar-refractivity contribution is -0.139. The zero-order valence-corrected chi connectivity index (χ0v) is 9.32. The molecule has 7 heteroatoms. The Morgan fingerprint density at radius 1 is 1.31 bits per heavy atom. The third-order valence-electron chi connectivity index (χ3n) is 1.73. The van der Waals surface area contributed by atoms with E-state index in [2.05, 4.69) is 10.6 Å². The number of urea groups is 1. The molecule has 0 aromatic carbocycles. The predicted octanol–water partition coefficient (Wildman–Crippen LogP) is -0.730. The van der Waals surface area contributed by atoms with Gasteiger partial charge in [0.05, 0.1) is 6.54 Å². The summed E-state index contributed by atoms with van der Waals surface area (Å²) in [6.07, 6.45) is 0.319. The number of carbonyl (C=O) groups is 3. The normalized spacial score (nSPS) is 11.9. The molecule has 5 N–H and O–H groups in total. The second-order valence-electron chi connectivity index (χ2n) is 3.81. The highest BCUT2D eigenvalue weighted by atomic mass is 16.4. The summed E-state index contributed by atoms with van der Waals surface area (Å²) < 4.78 is 0. The number of hydrogen-bond donors (Lipinski definition) is 4. The van der Waals surface area contributed by atoms with Gasteiger partial charge in [-0.05, 0) is 12.3 Å². The zero-order valence-electron chi connectivity index (χ0n) is 9.32. The Balaban J connectivity index is 4.13. The number of carboxylic acid groups (broad SMARTS) is 1. The molecule has 0 rings (SSSR count). The Hall–Kier alpha value is -1.79. The first kappa shape index (κ1) is 14.2. The molecule has 0 aliphatic heterocycles. The van der Waals surface area contributed by atoms with E-state index in [1.807, 2.05) is 13.8 Å². The van der Waals surface area contributed by atoms with E-state index in [0.29, 0.717) is 6.42 Å². The van der Waals surface area contributed by atoms with Gasteiger partial charge in [-0.1, -0.05) is 13.8 Å². The molecule has 0 bridgehead atoms. The van der Waals surface area contributed by atoms with Crippen LogP contribution in [0.2, 0.25) is 0 Å². The minimum atomic E-state index is -1.11. The lowest BCUT2D eigenvalue weighted by Crippen LogP contribution is -2.48. The monoisotopic (exact) mass is 231 g/mol. The summed E-state index contributed by atoms with van der Waals surface area (Å²) in [5.41, 5.74) is 4.81. The van der Waals surface area contributed by atoms with Crippen molar-refractivity contribution in [2.75, 3.05) is 6.54 Å². The SMILES string of the molecule is CC(C)CC(NC(=O)NCC(N)=O)C(=O)O. The largest absolute Gasteiger partial charge is 0.480 e. The van der Waals surface area contributed by atoms with E-state index in [1.54, 1.807) is 0 Å². The number of carboxylic acids is 1. The van der Waals surface area contributed by atoms with Gasteiger partial charge in [-0.2, -0.15) is 0 Å². The Kier molecular flexibility index (Phi) is 5.91.